The molecule has 1 aromatic rings. The molecule has 0 atom stereocenters. The largest absolute Gasteiger partial charge is 0.352 e. The third-order valence-corrected chi connectivity index (χ3v) is 3.31. The number of fused-ring (bicyclic) bond motifs is 1. The van der Waals surface area contributed by atoms with Crippen molar-refractivity contribution in [1.29, 1.82) is 0 Å². The molecule has 1 aliphatic heterocycles. The molecule has 0 bridgehead atoms. The second-order valence-corrected chi connectivity index (χ2v) is 4.74. The Morgan fingerprint density at radius 3 is 2.50 bits per heavy atom. The topological polar surface area (TPSA) is 66.5 Å². The molecule has 0 aromatic heterocycles. The number of carbonyl (C=O) groups is 3. The summed E-state index contributed by atoms with van der Waals surface area (Å²) in [6, 6.07) is 4.65. The number of amides is 3. The highest BCUT2D eigenvalue weighted by atomic mass is 16.2. The third-order valence-electron chi connectivity index (χ3n) is 3.31. The number of benzene rings is 1. The monoisotopic (exact) mass is 274 g/mol. The first-order valence-corrected chi connectivity index (χ1v) is 6.88. The average Bonchev–Trinajstić information content (AvgIpc) is 2.69. The molecule has 3 amide bonds. The van der Waals surface area contributed by atoms with Gasteiger partial charge < -0.3 is 5.32 Å². The molecule has 5 nitrogen and oxygen atoms in total. The summed E-state index contributed by atoms with van der Waals surface area (Å²) in [4.78, 5) is 37.4. The van der Waals surface area contributed by atoms with E-state index in [4.69, 9.17) is 0 Å². The first kappa shape index (κ1) is 14.2. The van der Waals surface area contributed by atoms with Gasteiger partial charge in [0.2, 0.25) is 0 Å². The van der Waals surface area contributed by atoms with E-state index in [0.29, 0.717) is 29.8 Å². The summed E-state index contributed by atoms with van der Waals surface area (Å²) >= 11 is 0. The number of carbonyl (C=O) groups excluding carboxylic acids is 3. The van der Waals surface area contributed by atoms with Gasteiger partial charge in [0.1, 0.15) is 0 Å². The molecule has 1 aliphatic rings. The van der Waals surface area contributed by atoms with Crippen LogP contribution in [0.25, 0.3) is 0 Å². The Labute approximate surface area is 118 Å². The maximum atomic E-state index is 12.2. The zero-order valence-electron chi connectivity index (χ0n) is 11.7. The lowest BCUT2D eigenvalue weighted by atomic mass is 10.1. The normalized spacial score (nSPS) is 13.6. The molecule has 106 valence electrons. The van der Waals surface area contributed by atoms with E-state index in [1.54, 1.807) is 12.1 Å². The molecule has 0 radical (unpaired) electrons. The Morgan fingerprint density at radius 2 is 1.85 bits per heavy atom. The van der Waals surface area contributed by atoms with E-state index in [0.717, 1.165) is 12.8 Å². The van der Waals surface area contributed by atoms with Crippen LogP contribution in [0.5, 0.6) is 0 Å². The SMILES string of the molecule is CCCCN1C(=O)c2ccc(C(=O)NCC)cc2C1=O. The fourth-order valence-electron chi connectivity index (χ4n) is 2.21. The van der Waals surface area contributed by atoms with Crippen LogP contribution in [0.2, 0.25) is 0 Å². The maximum Gasteiger partial charge on any atom is 0.261 e. The van der Waals surface area contributed by atoms with Crippen LogP contribution in [0, 0.1) is 0 Å². The van der Waals surface area contributed by atoms with Crippen molar-refractivity contribution in [2.45, 2.75) is 26.7 Å². The lowest BCUT2D eigenvalue weighted by Gasteiger charge is -2.12. The minimum Gasteiger partial charge on any atom is -0.352 e. The van der Waals surface area contributed by atoms with E-state index >= 15 is 0 Å². The minimum absolute atomic E-state index is 0.234. The molecular formula is C15H18N2O3. The summed E-state index contributed by atoms with van der Waals surface area (Å²) in [6.07, 6.45) is 1.70. The van der Waals surface area contributed by atoms with Gasteiger partial charge in [0.05, 0.1) is 11.1 Å². The van der Waals surface area contributed by atoms with Crippen molar-refractivity contribution in [3.63, 3.8) is 0 Å². The van der Waals surface area contributed by atoms with Gasteiger partial charge in [-0.2, -0.15) is 0 Å². The Kier molecular flexibility index (Phi) is 4.17. The quantitative estimate of drug-likeness (QED) is 0.833. The molecule has 0 aliphatic carbocycles. The molecule has 0 fully saturated rings. The van der Waals surface area contributed by atoms with E-state index in [1.807, 2.05) is 13.8 Å². The zero-order chi connectivity index (χ0) is 14.7. The van der Waals surface area contributed by atoms with Crippen molar-refractivity contribution in [3.8, 4) is 0 Å². The molecule has 0 saturated carbocycles. The predicted molar refractivity (Wildman–Crippen MR) is 74.7 cm³/mol. The van der Waals surface area contributed by atoms with Crippen LogP contribution in [0.1, 0.15) is 57.8 Å². The van der Waals surface area contributed by atoms with Crippen molar-refractivity contribution in [3.05, 3.63) is 34.9 Å². The van der Waals surface area contributed by atoms with Gasteiger partial charge in [-0.25, -0.2) is 0 Å². The van der Waals surface area contributed by atoms with Gasteiger partial charge in [-0.1, -0.05) is 13.3 Å². The van der Waals surface area contributed by atoms with Gasteiger partial charge in [0.15, 0.2) is 0 Å². The Morgan fingerprint density at radius 1 is 1.15 bits per heavy atom. The minimum atomic E-state index is -0.301. The average molecular weight is 274 g/mol. The second kappa shape index (κ2) is 5.86. The van der Waals surface area contributed by atoms with E-state index in [9.17, 15) is 14.4 Å². The number of nitrogens with zero attached hydrogens (tertiary/aromatic N) is 1. The van der Waals surface area contributed by atoms with E-state index in [1.165, 1.54) is 11.0 Å². The van der Waals surface area contributed by atoms with Crippen molar-refractivity contribution in [1.82, 2.24) is 10.2 Å². The van der Waals surface area contributed by atoms with Gasteiger partial charge in [-0.05, 0) is 31.5 Å². The summed E-state index contributed by atoms with van der Waals surface area (Å²) in [5, 5.41) is 2.68. The third kappa shape index (κ3) is 2.43. The molecule has 0 unspecified atom stereocenters. The molecule has 1 aromatic carbocycles. The standard InChI is InChI=1S/C15H18N2O3/c1-3-5-8-17-14(19)11-7-6-10(13(18)16-4-2)9-12(11)15(17)20/h6-7,9H,3-5,8H2,1-2H3,(H,16,18). The van der Waals surface area contributed by atoms with E-state index < -0.39 is 0 Å². The van der Waals surface area contributed by atoms with Gasteiger partial charge in [-0.15, -0.1) is 0 Å². The highest BCUT2D eigenvalue weighted by Crippen LogP contribution is 2.24. The zero-order valence-corrected chi connectivity index (χ0v) is 11.7. The molecule has 0 spiro atoms. The van der Waals surface area contributed by atoms with Gasteiger partial charge in [-0.3, -0.25) is 19.3 Å². The van der Waals surface area contributed by atoms with Gasteiger partial charge in [0.25, 0.3) is 17.7 Å². The van der Waals surface area contributed by atoms with Crippen molar-refractivity contribution < 1.29 is 14.4 Å². The summed E-state index contributed by atoms with van der Waals surface area (Å²) in [6.45, 7) is 4.78. The van der Waals surface area contributed by atoms with Crippen LogP contribution in [0.15, 0.2) is 18.2 Å². The number of unbranched alkanes of at least 4 members (excludes halogenated alkanes) is 1. The lowest BCUT2D eigenvalue weighted by Crippen LogP contribution is -2.30. The van der Waals surface area contributed by atoms with Crippen molar-refractivity contribution in [2.24, 2.45) is 0 Å². The smallest absolute Gasteiger partial charge is 0.261 e. The molecule has 1 N–H and O–H groups in total. The number of rotatable bonds is 5. The summed E-state index contributed by atoms with van der Waals surface area (Å²) < 4.78 is 0. The van der Waals surface area contributed by atoms with Crippen LogP contribution < -0.4 is 5.32 Å². The van der Waals surface area contributed by atoms with Crippen molar-refractivity contribution >= 4 is 17.7 Å². The molecule has 0 saturated heterocycles. The Balaban J connectivity index is 2.29. The predicted octanol–water partition coefficient (Wildman–Crippen LogP) is 1.83. The van der Waals surface area contributed by atoms with Crippen LogP contribution in [-0.2, 0) is 0 Å². The van der Waals surface area contributed by atoms with Crippen LogP contribution in [-0.4, -0.2) is 35.7 Å². The summed E-state index contributed by atoms with van der Waals surface area (Å²) in [5.74, 6) is -0.798. The highest BCUT2D eigenvalue weighted by molar-refractivity contribution is 6.22. The molecule has 1 heterocycles. The molecule has 20 heavy (non-hydrogen) atoms. The summed E-state index contributed by atoms with van der Waals surface area (Å²) in [7, 11) is 0. The van der Waals surface area contributed by atoms with E-state index in [-0.39, 0.29) is 17.7 Å². The van der Waals surface area contributed by atoms with E-state index in [2.05, 4.69) is 5.32 Å². The second-order valence-electron chi connectivity index (χ2n) is 4.74. The molecule has 5 heteroatoms. The molecule has 2 rings (SSSR count). The number of nitrogens with one attached hydrogen (secondary N) is 1. The molecular weight excluding hydrogens is 256 g/mol. The van der Waals surface area contributed by atoms with Crippen LogP contribution in [0.3, 0.4) is 0 Å². The fourth-order valence-corrected chi connectivity index (χ4v) is 2.21. The van der Waals surface area contributed by atoms with Gasteiger partial charge in [0, 0.05) is 18.7 Å². The Bertz CT molecular complexity index is 566. The maximum absolute atomic E-state index is 12.2. The highest BCUT2D eigenvalue weighted by Gasteiger charge is 2.35. The van der Waals surface area contributed by atoms with Crippen molar-refractivity contribution in [2.75, 3.05) is 13.1 Å². The van der Waals surface area contributed by atoms with Gasteiger partial charge >= 0.3 is 0 Å². The van der Waals surface area contributed by atoms with Crippen LogP contribution in [0.4, 0.5) is 0 Å². The first-order valence-electron chi connectivity index (χ1n) is 6.88. The summed E-state index contributed by atoms with van der Waals surface area (Å²) in [5.41, 5.74) is 1.12. The van der Waals surface area contributed by atoms with Crippen LogP contribution >= 0.6 is 0 Å². The fraction of sp³-hybridized carbons (Fsp3) is 0.400. The first-order chi connectivity index (χ1) is 9.60. The lowest BCUT2D eigenvalue weighted by molar-refractivity contribution is 0.0652. The number of hydrogen-bond donors (Lipinski definition) is 1. The Hall–Kier alpha value is -2.17. The number of imide groups is 1. The number of hydrogen-bond acceptors (Lipinski definition) is 3.